The second kappa shape index (κ2) is 5.68. The van der Waals surface area contributed by atoms with E-state index in [4.69, 9.17) is 5.73 Å². The van der Waals surface area contributed by atoms with Gasteiger partial charge in [-0.1, -0.05) is 26.0 Å². The fourth-order valence-electron chi connectivity index (χ4n) is 2.02. The van der Waals surface area contributed by atoms with Crippen LogP contribution in [0.1, 0.15) is 30.9 Å². The molecule has 0 atom stereocenters. The minimum Gasteiger partial charge on any atom is -0.398 e. The molecule has 0 amide bonds. The lowest BCUT2D eigenvalue weighted by atomic mass is 10.0. The number of rotatable bonds is 3. The molecular weight excluding hydrogens is 277 g/mol. The molecule has 0 aliphatic heterocycles. The maximum absolute atomic E-state index is 12.8. The van der Waals surface area contributed by atoms with E-state index >= 15 is 0 Å². The highest BCUT2D eigenvalue weighted by atomic mass is 19.4. The second-order valence-corrected chi connectivity index (χ2v) is 5.20. The molecule has 0 unspecified atom stereocenters. The molecule has 0 saturated carbocycles. The van der Waals surface area contributed by atoms with Gasteiger partial charge >= 0.3 is 6.18 Å². The van der Waals surface area contributed by atoms with Crippen molar-refractivity contribution in [1.29, 1.82) is 0 Å². The lowest BCUT2D eigenvalue weighted by Crippen LogP contribution is -2.09. The molecular formula is C16H17F3N2. The number of nitrogens with two attached hydrogens (primary N) is 1. The molecule has 0 aliphatic rings. The van der Waals surface area contributed by atoms with Crippen LogP contribution in [0.15, 0.2) is 42.5 Å². The molecule has 5 heteroatoms. The van der Waals surface area contributed by atoms with Crippen LogP contribution in [0.2, 0.25) is 0 Å². The van der Waals surface area contributed by atoms with Gasteiger partial charge in [0.2, 0.25) is 0 Å². The van der Waals surface area contributed by atoms with E-state index in [-0.39, 0.29) is 5.69 Å². The Kier molecular flexibility index (Phi) is 4.11. The van der Waals surface area contributed by atoms with Crippen LogP contribution in [0.5, 0.6) is 0 Å². The Morgan fingerprint density at radius 1 is 1.00 bits per heavy atom. The fraction of sp³-hybridized carbons (Fsp3) is 0.250. The number of hydrogen-bond donors (Lipinski definition) is 2. The quantitative estimate of drug-likeness (QED) is 0.768. The van der Waals surface area contributed by atoms with E-state index in [1.807, 2.05) is 24.3 Å². The number of alkyl halides is 3. The largest absolute Gasteiger partial charge is 0.418 e. The highest BCUT2D eigenvalue weighted by Gasteiger charge is 2.33. The van der Waals surface area contributed by atoms with Crippen molar-refractivity contribution in [2.24, 2.45) is 0 Å². The Morgan fingerprint density at radius 3 is 2.29 bits per heavy atom. The molecule has 2 nitrogen and oxygen atoms in total. The SMILES string of the molecule is CC(C)c1cccc(Nc2ccc(N)c(C(F)(F)F)c2)c1. The van der Waals surface area contributed by atoms with Crippen molar-refractivity contribution < 1.29 is 13.2 Å². The van der Waals surface area contributed by atoms with Gasteiger partial charge in [-0.25, -0.2) is 0 Å². The van der Waals surface area contributed by atoms with Crippen LogP contribution in [0.3, 0.4) is 0 Å². The maximum Gasteiger partial charge on any atom is 0.418 e. The first-order valence-corrected chi connectivity index (χ1v) is 6.61. The van der Waals surface area contributed by atoms with Crippen molar-refractivity contribution in [2.75, 3.05) is 11.1 Å². The maximum atomic E-state index is 12.8. The molecule has 0 saturated heterocycles. The van der Waals surface area contributed by atoms with Gasteiger partial charge in [-0.2, -0.15) is 13.2 Å². The third-order valence-electron chi connectivity index (χ3n) is 3.20. The molecule has 0 bridgehead atoms. The molecule has 3 N–H and O–H groups in total. The van der Waals surface area contributed by atoms with E-state index in [1.165, 1.54) is 12.1 Å². The molecule has 0 radical (unpaired) electrons. The smallest absolute Gasteiger partial charge is 0.398 e. The average molecular weight is 294 g/mol. The summed E-state index contributed by atoms with van der Waals surface area (Å²) in [5.41, 5.74) is 6.51. The number of nitrogens with one attached hydrogen (secondary N) is 1. The third kappa shape index (κ3) is 3.68. The summed E-state index contributed by atoms with van der Waals surface area (Å²) in [5.74, 6) is 0.351. The average Bonchev–Trinajstić information content (AvgIpc) is 2.40. The van der Waals surface area contributed by atoms with Gasteiger partial charge in [-0.05, 0) is 41.8 Å². The van der Waals surface area contributed by atoms with Gasteiger partial charge in [0.15, 0.2) is 0 Å². The van der Waals surface area contributed by atoms with Crippen LogP contribution >= 0.6 is 0 Å². The Bertz CT molecular complexity index is 634. The lowest BCUT2D eigenvalue weighted by Gasteiger charge is -2.14. The molecule has 2 aromatic carbocycles. The van der Waals surface area contributed by atoms with Crippen LogP contribution in [0.25, 0.3) is 0 Å². The summed E-state index contributed by atoms with van der Waals surface area (Å²) in [6.07, 6.45) is -4.46. The highest BCUT2D eigenvalue weighted by molar-refractivity contribution is 5.65. The van der Waals surface area contributed by atoms with Gasteiger partial charge < -0.3 is 11.1 Å². The number of anilines is 3. The zero-order valence-corrected chi connectivity index (χ0v) is 11.8. The van der Waals surface area contributed by atoms with E-state index in [0.717, 1.165) is 17.3 Å². The van der Waals surface area contributed by atoms with Crippen molar-refractivity contribution in [1.82, 2.24) is 0 Å². The topological polar surface area (TPSA) is 38.0 Å². The van der Waals surface area contributed by atoms with Gasteiger partial charge in [0, 0.05) is 17.1 Å². The van der Waals surface area contributed by atoms with Crippen LogP contribution in [0, 0.1) is 0 Å². The minimum atomic E-state index is -4.46. The Hall–Kier alpha value is -2.17. The molecule has 21 heavy (non-hydrogen) atoms. The normalized spacial score (nSPS) is 11.7. The molecule has 0 aromatic heterocycles. The first-order chi connectivity index (χ1) is 9.77. The van der Waals surface area contributed by atoms with Gasteiger partial charge in [-0.15, -0.1) is 0 Å². The molecule has 0 fully saturated rings. The monoisotopic (exact) mass is 294 g/mol. The summed E-state index contributed by atoms with van der Waals surface area (Å²) in [6, 6.07) is 11.4. The van der Waals surface area contributed by atoms with E-state index in [2.05, 4.69) is 19.2 Å². The summed E-state index contributed by atoms with van der Waals surface area (Å²) in [5, 5.41) is 2.98. The van der Waals surface area contributed by atoms with E-state index < -0.39 is 11.7 Å². The Morgan fingerprint density at radius 2 is 1.67 bits per heavy atom. The molecule has 2 aromatic rings. The predicted octanol–water partition coefficient (Wildman–Crippen LogP) is 5.15. The molecule has 112 valence electrons. The van der Waals surface area contributed by atoms with E-state index in [9.17, 15) is 13.2 Å². The van der Waals surface area contributed by atoms with Gasteiger partial charge in [0.1, 0.15) is 0 Å². The van der Waals surface area contributed by atoms with Crippen molar-refractivity contribution in [2.45, 2.75) is 25.9 Å². The predicted molar refractivity (Wildman–Crippen MR) is 79.7 cm³/mol. The number of benzene rings is 2. The van der Waals surface area contributed by atoms with Gasteiger partial charge in [0.05, 0.1) is 5.56 Å². The van der Waals surface area contributed by atoms with Crippen molar-refractivity contribution in [3.63, 3.8) is 0 Å². The minimum absolute atomic E-state index is 0.274. The van der Waals surface area contributed by atoms with E-state index in [0.29, 0.717) is 11.6 Å². The summed E-state index contributed by atoms with van der Waals surface area (Å²) in [4.78, 5) is 0. The second-order valence-electron chi connectivity index (χ2n) is 5.20. The van der Waals surface area contributed by atoms with Crippen molar-refractivity contribution >= 4 is 17.1 Å². The lowest BCUT2D eigenvalue weighted by molar-refractivity contribution is -0.136. The molecule has 0 heterocycles. The zero-order valence-electron chi connectivity index (χ0n) is 11.8. The standard InChI is InChI=1S/C16H17F3N2/c1-10(2)11-4-3-5-12(8-11)21-13-6-7-15(20)14(9-13)16(17,18)19/h3-10,21H,20H2,1-2H3. The summed E-state index contributed by atoms with van der Waals surface area (Å²) >= 11 is 0. The Labute approximate surface area is 121 Å². The van der Waals surface area contributed by atoms with Crippen LogP contribution in [0.4, 0.5) is 30.2 Å². The first kappa shape index (κ1) is 15.2. The number of hydrogen-bond acceptors (Lipinski definition) is 2. The zero-order chi connectivity index (χ0) is 15.6. The number of nitrogen functional groups attached to an aromatic ring is 1. The molecule has 0 aliphatic carbocycles. The molecule has 2 rings (SSSR count). The first-order valence-electron chi connectivity index (χ1n) is 6.61. The van der Waals surface area contributed by atoms with Crippen LogP contribution in [-0.4, -0.2) is 0 Å². The summed E-state index contributed by atoms with van der Waals surface area (Å²) in [7, 11) is 0. The van der Waals surface area contributed by atoms with Crippen molar-refractivity contribution in [3.05, 3.63) is 53.6 Å². The van der Waals surface area contributed by atoms with Crippen molar-refractivity contribution in [3.8, 4) is 0 Å². The van der Waals surface area contributed by atoms with Gasteiger partial charge in [0.25, 0.3) is 0 Å². The highest BCUT2D eigenvalue weighted by Crippen LogP contribution is 2.35. The summed E-state index contributed by atoms with van der Waals surface area (Å²) < 4.78 is 38.5. The third-order valence-corrected chi connectivity index (χ3v) is 3.20. The van der Waals surface area contributed by atoms with Gasteiger partial charge in [-0.3, -0.25) is 0 Å². The van der Waals surface area contributed by atoms with E-state index in [1.54, 1.807) is 0 Å². The molecule has 0 spiro atoms. The Balaban J connectivity index is 2.30. The van der Waals surface area contributed by atoms with Crippen LogP contribution in [-0.2, 0) is 6.18 Å². The fourth-order valence-corrected chi connectivity index (χ4v) is 2.02. The summed E-state index contributed by atoms with van der Waals surface area (Å²) in [6.45, 7) is 4.12. The number of halogens is 3. The van der Waals surface area contributed by atoms with Crippen LogP contribution < -0.4 is 11.1 Å².